The number of halogens is 1. The lowest BCUT2D eigenvalue weighted by molar-refractivity contribution is 0.416. The van der Waals surface area contributed by atoms with Crippen LogP contribution in [0.4, 0.5) is 4.39 Å². The van der Waals surface area contributed by atoms with Gasteiger partial charge in [-0.05, 0) is 89.2 Å². The number of likely N-dealkylation sites (N-methyl/N-ethyl adjacent to an activating group) is 1. The van der Waals surface area contributed by atoms with Crippen molar-refractivity contribution in [2.75, 3.05) is 20.6 Å². The zero-order chi connectivity index (χ0) is 34.6. The van der Waals surface area contributed by atoms with Gasteiger partial charge >= 0.3 is 0 Å². The molecule has 0 aromatic heterocycles. The highest BCUT2D eigenvalue weighted by Gasteiger charge is 2.19. The molecule has 0 aromatic rings. The molecule has 0 aromatic carbocycles. The minimum Gasteiger partial charge on any atom is -0.384 e. The van der Waals surface area contributed by atoms with E-state index in [-0.39, 0.29) is 23.7 Å². The molecule has 0 aliphatic heterocycles. The van der Waals surface area contributed by atoms with Crippen LogP contribution in [0.5, 0.6) is 0 Å². The van der Waals surface area contributed by atoms with Gasteiger partial charge in [0.1, 0.15) is 11.5 Å². The second-order valence-corrected chi connectivity index (χ2v) is 11.6. The fraction of sp³-hybridized carbons (Fsp3) is 0.385. The summed E-state index contributed by atoms with van der Waals surface area (Å²) in [4.78, 5) is 2.10. The molecule has 0 saturated heterocycles. The van der Waals surface area contributed by atoms with Crippen LogP contribution < -0.4 is 16.1 Å². The molecule has 3 unspecified atom stereocenters. The van der Waals surface area contributed by atoms with Crippen molar-refractivity contribution >= 4 is 0 Å². The summed E-state index contributed by atoms with van der Waals surface area (Å²) in [6.45, 7) is 29.6. The first-order valence-electron chi connectivity index (χ1n) is 15.7. The molecule has 3 atom stereocenters. The summed E-state index contributed by atoms with van der Waals surface area (Å²) in [5.74, 6) is 0.0394. The number of allylic oxidation sites excluding steroid dienone is 9. The average Bonchev–Trinajstić information content (AvgIpc) is 3.02. The van der Waals surface area contributed by atoms with Gasteiger partial charge in [0.05, 0.1) is 18.4 Å². The van der Waals surface area contributed by atoms with E-state index < -0.39 is 0 Å². The number of nitrogens with zero attached hydrogens (tertiary/aromatic N) is 3. The van der Waals surface area contributed by atoms with Crippen LogP contribution in [0, 0.1) is 11.8 Å². The fourth-order valence-corrected chi connectivity index (χ4v) is 4.40. The van der Waals surface area contributed by atoms with E-state index in [0.29, 0.717) is 29.1 Å². The lowest BCUT2D eigenvalue weighted by Gasteiger charge is -2.30. The van der Waals surface area contributed by atoms with Crippen molar-refractivity contribution in [3.8, 4) is 0 Å². The van der Waals surface area contributed by atoms with Gasteiger partial charge < -0.3 is 15.5 Å². The molecule has 0 bridgehead atoms. The van der Waals surface area contributed by atoms with E-state index in [2.05, 4.69) is 115 Å². The maximum absolute atomic E-state index is 13.8. The zero-order valence-corrected chi connectivity index (χ0v) is 29.3. The number of rotatable bonds is 19. The topological polar surface area (TPSA) is 64.0 Å². The Kier molecular flexibility index (Phi) is 18.2. The standard InChI is InChI=1S/C39H55FN6/c1-13-18-31(6)38(22-16-14-15-19-32(7)44-45-41-11)43-34(9)39(46(12)35(10)28(2)3)26-24-29(4)33(8)42-27-36-20-17-21-37(40)30(5)23-25-36/h13,15,18-21,23-25,31,36,38,42-43H,4,7-9,14,16,22,27H2,1-3,5-6,10-12H3,(H,41,44)/b18-13-,19-15+,25-23?,37-30+. The van der Waals surface area contributed by atoms with Crippen LogP contribution in [0.3, 0.4) is 0 Å². The van der Waals surface area contributed by atoms with E-state index in [0.717, 1.165) is 36.4 Å². The summed E-state index contributed by atoms with van der Waals surface area (Å²) in [7, 11) is 3.63. The first-order chi connectivity index (χ1) is 21.8. The molecule has 3 N–H and O–H groups in total. The van der Waals surface area contributed by atoms with E-state index in [1.54, 1.807) is 20.0 Å². The maximum Gasteiger partial charge on any atom is 0.133 e. The number of hydrogen-bond donors (Lipinski definition) is 3. The van der Waals surface area contributed by atoms with Crippen LogP contribution in [-0.2, 0) is 0 Å². The summed E-state index contributed by atoms with van der Waals surface area (Å²) in [6.07, 6.45) is 19.9. The van der Waals surface area contributed by atoms with Gasteiger partial charge in [0.25, 0.3) is 0 Å². The van der Waals surface area contributed by atoms with Gasteiger partial charge in [0.2, 0.25) is 0 Å². The Balaban J connectivity index is 3.15. The number of hydrogen-bond acceptors (Lipinski definition) is 5. The van der Waals surface area contributed by atoms with Gasteiger partial charge in [-0.25, -0.2) is 4.39 Å². The van der Waals surface area contributed by atoms with Gasteiger partial charge in [0, 0.05) is 43.0 Å². The molecular formula is C39H55FN6. The molecule has 0 radical (unpaired) electrons. The third kappa shape index (κ3) is 14.5. The first-order valence-corrected chi connectivity index (χ1v) is 15.7. The molecule has 0 heterocycles. The van der Waals surface area contributed by atoms with Crippen molar-refractivity contribution < 1.29 is 4.39 Å². The normalized spacial score (nSPS) is 17.2. The van der Waals surface area contributed by atoms with E-state index in [4.69, 9.17) is 0 Å². The maximum atomic E-state index is 13.8. The highest BCUT2D eigenvalue weighted by molar-refractivity contribution is 5.38. The van der Waals surface area contributed by atoms with Crippen LogP contribution >= 0.6 is 0 Å². The zero-order valence-electron chi connectivity index (χ0n) is 29.3. The van der Waals surface area contributed by atoms with Crippen molar-refractivity contribution in [3.63, 3.8) is 0 Å². The predicted molar refractivity (Wildman–Crippen MR) is 195 cm³/mol. The lowest BCUT2D eigenvalue weighted by atomic mass is 9.95. The van der Waals surface area contributed by atoms with Crippen LogP contribution in [0.25, 0.3) is 0 Å². The third-order valence-corrected chi connectivity index (χ3v) is 7.65. The molecule has 46 heavy (non-hydrogen) atoms. The fourth-order valence-electron chi connectivity index (χ4n) is 4.40. The highest BCUT2D eigenvalue weighted by atomic mass is 19.1. The largest absolute Gasteiger partial charge is 0.384 e. The van der Waals surface area contributed by atoms with Crippen LogP contribution in [0.2, 0.25) is 0 Å². The highest BCUT2D eigenvalue weighted by Crippen LogP contribution is 2.22. The van der Waals surface area contributed by atoms with Crippen LogP contribution in [0.15, 0.2) is 154 Å². The molecule has 0 spiro atoms. The van der Waals surface area contributed by atoms with Gasteiger partial charge in [-0.2, -0.15) is 5.11 Å². The number of unbranched alkanes of at least 4 members (excludes halogenated alkanes) is 1. The molecule has 1 rings (SSSR count). The summed E-state index contributed by atoms with van der Waals surface area (Å²) in [6, 6.07) is 0.162. The molecule has 6 nitrogen and oxygen atoms in total. The summed E-state index contributed by atoms with van der Waals surface area (Å²) >= 11 is 0. The molecule has 1 aliphatic carbocycles. The van der Waals surface area contributed by atoms with Crippen molar-refractivity contribution in [1.29, 1.82) is 0 Å². The molecule has 248 valence electrons. The SMILES string of the molecule is C=C(/C=C/CCCC(NC(=C)C(=C=CC(=C)C(=C)NCC1C=C=C/C(F)=C(/C)C=C1)N(C)C(C)=C(C)C)C(C)/C=C\C)NN=NC. The van der Waals surface area contributed by atoms with Gasteiger partial charge in [-0.15, -0.1) is 5.73 Å². The first kappa shape index (κ1) is 39.5. The quantitative estimate of drug-likeness (QED) is 0.0334. The van der Waals surface area contributed by atoms with E-state index in [9.17, 15) is 4.39 Å². The second-order valence-electron chi connectivity index (χ2n) is 11.6. The molecular weight excluding hydrogens is 571 g/mol. The molecule has 7 heteroatoms. The molecule has 0 saturated carbocycles. The summed E-state index contributed by atoms with van der Waals surface area (Å²) in [5.41, 5.74) is 15.7. The summed E-state index contributed by atoms with van der Waals surface area (Å²) in [5, 5.41) is 14.5. The molecule has 0 amide bonds. The Morgan fingerprint density at radius 2 is 1.91 bits per heavy atom. The number of nitrogens with one attached hydrogen (secondary N) is 3. The van der Waals surface area contributed by atoms with Crippen molar-refractivity contribution in [1.82, 2.24) is 21.0 Å². The predicted octanol–water partition coefficient (Wildman–Crippen LogP) is 9.58. The minimum atomic E-state index is -0.278. The van der Waals surface area contributed by atoms with Gasteiger partial charge in [-0.1, -0.05) is 80.1 Å². The third-order valence-electron chi connectivity index (χ3n) is 7.65. The second kappa shape index (κ2) is 21.2. The smallest absolute Gasteiger partial charge is 0.133 e. The van der Waals surface area contributed by atoms with Gasteiger partial charge in [-0.3, -0.25) is 5.43 Å². The Bertz CT molecular complexity index is 1410. The average molecular weight is 627 g/mol. The minimum absolute atomic E-state index is 0.0314. The monoisotopic (exact) mass is 626 g/mol. The summed E-state index contributed by atoms with van der Waals surface area (Å²) < 4.78 is 13.8. The Hall–Kier alpha value is -4.57. The van der Waals surface area contributed by atoms with Crippen LogP contribution in [0.1, 0.15) is 60.8 Å². The van der Waals surface area contributed by atoms with E-state index in [1.807, 2.05) is 38.3 Å². The van der Waals surface area contributed by atoms with Crippen molar-refractivity contribution in [2.24, 2.45) is 22.2 Å². The Labute approximate surface area is 278 Å². The van der Waals surface area contributed by atoms with Gasteiger partial charge in [0.15, 0.2) is 0 Å². The van der Waals surface area contributed by atoms with E-state index in [1.165, 1.54) is 11.6 Å². The van der Waals surface area contributed by atoms with E-state index >= 15 is 0 Å². The Morgan fingerprint density at radius 3 is 2.57 bits per heavy atom. The van der Waals surface area contributed by atoms with Crippen molar-refractivity contribution in [3.05, 3.63) is 143 Å². The lowest BCUT2D eigenvalue weighted by Crippen LogP contribution is -2.36. The molecule has 1 aliphatic rings. The van der Waals surface area contributed by atoms with Crippen molar-refractivity contribution in [2.45, 2.75) is 66.8 Å². The Morgan fingerprint density at radius 1 is 1.20 bits per heavy atom. The molecule has 0 fully saturated rings. The van der Waals surface area contributed by atoms with Crippen LogP contribution in [-0.4, -0.2) is 31.6 Å².